The van der Waals surface area contributed by atoms with E-state index in [1.165, 1.54) is 33.5 Å². The molecule has 6 rings (SSSR count). The molecule has 0 saturated carbocycles. The fourth-order valence-corrected chi connectivity index (χ4v) is 6.20. The maximum atomic E-state index is 6.71. The van der Waals surface area contributed by atoms with E-state index in [-0.39, 0.29) is 0 Å². The number of quaternary nitrogens is 1. The number of rotatable bonds is 6. The van der Waals surface area contributed by atoms with Crippen LogP contribution in [0.2, 0.25) is 0 Å². The van der Waals surface area contributed by atoms with E-state index in [1.54, 1.807) is 0 Å². The minimum Gasteiger partial charge on any atom is -0.456 e. The molecule has 5 aromatic rings. The Morgan fingerprint density at radius 1 is 0.667 bits per heavy atom. The second-order valence-electron chi connectivity index (χ2n) is 11.6. The number of amidine groups is 1. The Hall–Kier alpha value is -3.95. The van der Waals surface area contributed by atoms with Crippen molar-refractivity contribution in [3.8, 4) is 0 Å². The maximum Gasteiger partial charge on any atom is 0.250 e. The second-order valence-corrected chi connectivity index (χ2v) is 11.6. The highest BCUT2D eigenvalue weighted by Crippen LogP contribution is 2.53. The lowest BCUT2D eigenvalue weighted by Crippen LogP contribution is -2.45. The molecule has 0 radical (unpaired) electrons. The van der Waals surface area contributed by atoms with Gasteiger partial charge in [0, 0.05) is 22.6 Å². The monoisotopic (exact) mass is 513 g/mol. The first-order valence-electron chi connectivity index (χ1n) is 14.1. The van der Waals surface area contributed by atoms with E-state index in [2.05, 4.69) is 133 Å². The summed E-state index contributed by atoms with van der Waals surface area (Å²) in [7, 11) is 0. The fourth-order valence-electron chi connectivity index (χ4n) is 6.20. The summed E-state index contributed by atoms with van der Waals surface area (Å²) in [5.41, 5.74) is 9.39. The Balaban J connectivity index is 1.87. The van der Waals surface area contributed by atoms with Crippen LogP contribution in [-0.2, 0) is 0 Å². The summed E-state index contributed by atoms with van der Waals surface area (Å²) >= 11 is 0. The van der Waals surface area contributed by atoms with Gasteiger partial charge in [-0.15, -0.1) is 0 Å². The van der Waals surface area contributed by atoms with Crippen LogP contribution in [0.15, 0.2) is 107 Å². The number of para-hydroxylation sites is 2. The first-order chi connectivity index (χ1) is 18.8. The van der Waals surface area contributed by atoms with Gasteiger partial charge >= 0.3 is 0 Å². The maximum absolute atomic E-state index is 6.71. The van der Waals surface area contributed by atoms with Gasteiger partial charge in [0.15, 0.2) is 11.4 Å². The molecule has 1 atom stereocenters. The molecule has 3 nitrogen and oxygen atoms in total. The first kappa shape index (κ1) is 25.3. The lowest BCUT2D eigenvalue weighted by molar-refractivity contribution is 0.653. The van der Waals surface area contributed by atoms with Gasteiger partial charge in [-0.25, -0.2) is 0 Å². The number of hydrogen-bond acceptors (Lipinski definition) is 2. The van der Waals surface area contributed by atoms with Crippen LogP contribution in [0.1, 0.15) is 81.5 Å². The molecule has 39 heavy (non-hydrogen) atoms. The predicted octanol–water partition coefficient (Wildman–Crippen LogP) is 10.5. The smallest absolute Gasteiger partial charge is 0.250 e. The van der Waals surface area contributed by atoms with Crippen LogP contribution >= 0.6 is 0 Å². The first-order valence-corrected chi connectivity index (χ1v) is 14.1. The molecule has 0 N–H and O–H groups in total. The summed E-state index contributed by atoms with van der Waals surface area (Å²) in [6, 6.07) is 30.4. The average molecular weight is 514 g/mol. The van der Waals surface area contributed by atoms with Crippen molar-refractivity contribution in [2.75, 3.05) is 0 Å². The Morgan fingerprint density at radius 2 is 1.31 bits per heavy atom. The quantitative estimate of drug-likeness (QED) is 0.207. The van der Waals surface area contributed by atoms with Gasteiger partial charge in [0.25, 0.3) is 0 Å². The van der Waals surface area contributed by atoms with E-state index in [1.807, 2.05) is 6.20 Å². The zero-order chi connectivity index (χ0) is 27.3. The van der Waals surface area contributed by atoms with Gasteiger partial charge in [0.05, 0.1) is 17.1 Å². The lowest BCUT2D eigenvalue weighted by Gasteiger charge is -2.36. The van der Waals surface area contributed by atoms with Crippen molar-refractivity contribution in [3.05, 3.63) is 120 Å². The van der Waals surface area contributed by atoms with Gasteiger partial charge in [-0.1, -0.05) is 96.1 Å². The molecule has 0 amide bonds. The summed E-state index contributed by atoms with van der Waals surface area (Å²) in [6.07, 6.45) is 4.27. The highest BCUT2D eigenvalue weighted by Gasteiger charge is 2.47. The standard InChI is InChI=1S/C36H37N2O/c1-23(2)27-16-10-12-18-31(27)38(21-20-37-36(38)26-14-8-7-9-15-26)34-29(24(3)4)22-30(25(5)6)35-33(34)28-17-11-13-19-32(28)39-35/h7-25H,1-6H3/q+1. The minimum atomic E-state index is 0.294. The van der Waals surface area contributed by atoms with Crippen molar-refractivity contribution < 1.29 is 4.42 Å². The highest BCUT2D eigenvalue weighted by atomic mass is 16.3. The molecule has 2 heterocycles. The fraction of sp³-hybridized carbons (Fsp3) is 0.250. The molecule has 1 unspecified atom stereocenters. The summed E-state index contributed by atoms with van der Waals surface area (Å²) in [5, 5.41) is 2.34. The largest absolute Gasteiger partial charge is 0.456 e. The number of fused-ring (bicyclic) bond motifs is 3. The molecule has 196 valence electrons. The zero-order valence-electron chi connectivity index (χ0n) is 23.8. The molecule has 0 bridgehead atoms. The summed E-state index contributed by atoms with van der Waals surface area (Å²) in [6.45, 7) is 13.7. The van der Waals surface area contributed by atoms with Gasteiger partial charge in [0.2, 0.25) is 5.84 Å². The molecule has 1 aliphatic rings. The molecule has 1 aromatic heterocycles. The molecule has 0 spiro atoms. The van der Waals surface area contributed by atoms with E-state index in [4.69, 9.17) is 9.41 Å². The predicted molar refractivity (Wildman–Crippen MR) is 166 cm³/mol. The van der Waals surface area contributed by atoms with Crippen LogP contribution in [0.5, 0.6) is 0 Å². The average Bonchev–Trinajstić information content (AvgIpc) is 3.55. The van der Waals surface area contributed by atoms with Gasteiger partial charge < -0.3 is 4.42 Å². The Morgan fingerprint density at radius 3 is 2.03 bits per heavy atom. The Labute approximate surface area is 231 Å². The van der Waals surface area contributed by atoms with Crippen molar-refractivity contribution >= 4 is 39.1 Å². The van der Waals surface area contributed by atoms with Crippen molar-refractivity contribution in [1.82, 2.24) is 4.48 Å². The van der Waals surface area contributed by atoms with E-state index in [0.717, 1.165) is 28.0 Å². The SMILES string of the molecule is CC(C)c1ccccc1[N+]1(c2c(C(C)C)cc(C(C)C)c3oc4ccccc4c23)C=CN=C1c1ccccc1. The third-order valence-corrected chi connectivity index (χ3v) is 8.07. The van der Waals surface area contributed by atoms with Crippen LogP contribution in [0.3, 0.4) is 0 Å². The number of benzene rings is 4. The number of aliphatic imine (C=N–C) groups is 1. The van der Waals surface area contributed by atoms with E-state index < -0.39 is 0 Å². The molecule has 4 aromatic carbocycles. The van der Waals surface area contributed by atoms with Gasteiger partial charge in [-0.05, 0) is 47.6 Å². The van der Waals surface area contributed by atoms with Gasteiger partial charge in [-0.2, -0.15) is 9.48 Å². The van der Waals surface area contributed by atoms with Crippen LogP contribution in [0.4, 0.5) is 11.4 Å². The zero-order valence-corrected chi connectivity index (χ0v) is 23.8. The van der Waals surface area contributed by atoms with E-state index in [0.29, 0.717) is 22.2 Å². The van der Waals surface area contributed by atoms with E-state index >= 15 is 0 Å². The highest BCUT2D eigenvalue weighted by molar-refractivity contribution is 6.21. The van der Waals surface area contributed by atoms with Crippen molar-refractivity contribution in [2.45, 2.75) is 59.3 Å². The van der Waals surface area contributed by atoms with Crippen molar-refractivity contribution in [2.24, 2.45) is 4.99 Å². The molecular formula is C36H37N2O+. The molecule has 0 aliphatic carbocycles. The topological polar surface area (TPSA) is 25.5 Å². The van der Waals surface area contributed by atoms with Crippen LogP contribution < -0.4 is 4.48 Å². The normalized spacial score (nSPS) is 17.3. The molecule has 0 saturated heterocycles. The Bertz CT molecular complexity index is 1740. The number of nitrogens with zero attached hydrogens (tertiary/aromatic N) is 2. The van der Waals surface area contributed by atoms with Crippen LogP contribution in [-0.4, -0.2) is 5.84 Å². The molecule has 1 aliphatic heterocycles. The van der Waals surface area contributed by atoms with Gasteiger partial charge in [-0.3, -0.25) is 0 Å². The summed E-state index contributed by atoms with van der Waals surface area (Å²) in [4.78, 5) is 5.12. The molecular weight excluding hydrogens is 476 g/mol. The molecule has 3 heteroatoms. The van der Waals surface area contributed by atoms with Crippen molar-refractivity contribution in [1.29, 1.82) is 0 Å². The minimum absolute atomic E-state index is 0.294. The Kier molecular flexibility index (Phi) is 6.28. The van der Waals surface area contributed by atoms with Gasteiger partial charge in [0.1, 0.15) is 17.4 Å². The third-order valence-electron chi connectivity index (χ3n) is 8.07. The lowest BCUT2D eigenvalue weighted by atomic mass is 9.88. The number of hydrogen-bond donors (Lipinski definition) is 0. The number of furan rings is 1. The summed E-state index contributed by atoms with van der Waals surface area (Å²) < 4.78 is 7.13. The van der Waals surface area contributed by atoms with Crippen LogP contribution in [0, 0.1) is 0 Å². The third kappa shape index (κ3) is 3.87. The molecule has 0 fully saturated rings. The second kappa shape index (κ2) is 9.66. The summed E-state index contributed by atoms with van der Waals surface area (Å²) in [5.74, 6) is 1.97. The van der Waals surface area contributed by atoms with Crippen molar-refractivity contribution in [3.63, 3.8) is 0 Å². The van der Waals surface area contributed by atoms with E-state index in [9.17, 15) is 0 Å². The van der Waals surface area contributed by atoms with Crippen LogP contribution in [0.25, 0.3) is 21.9 Å².